The number of aromatic hydroxyl groups is 1. The molecule has 0 aliphatic carbocycles. The predicted octanol–water partition coefficient (Wildman–Crippen LogP) is 4.56. The summed E-state index contributed by atoms with van der Waals surface area (Å²) < 4.78 is 1.58. The first-order valence-electron chi connectivity index (χ1n) is 4.90. The Hall–Kier alpha value is -0.660. The van der Waals surface area contributed by atoms with Crippen LogP contribution in [-0.2, 0) is 0 Å². The van der Waals surface area contributed by atoms with Gasteiger partial charge in [0, 0.05) is 26.6 Å². The molecule has 18 heavy (non-hydrogen) atoms. The molecular formula is C12H7BrClIN2O. The van der Waals surface area contributed by atoms with Gasteiger partial charge in [-0.15, -0.1) is 0 Å². The summed E-state index contributed by atoms with van der Waals surface area (Å²) in [7, 11) is 0. The fourth-order valence-electron chi connectivity index (χ4n) is 1.26. The van der Waals surface area contributed by atoms with Gasteiger partial charge in [-0.1, -0.05) is 11.6 Å². The van der Waals surface area contributed by atoms with E-state index in [0.717, 1.165) is 3.57 Å². The number of rotatable bonds is 2. The monoisotopic (exact) mass is 436 g/mol. The molecule has 1 N–H and O–H groups in total. The van der Waals surface area contributed by atoms with Gasteiger partial charge in [-0.25, -0.2) is 9.98 Å². The Morgan fingerprint density at radius 3 is 2.83 bits per heavy atom. The van der Waals surface area contributed by atoms with Gasteiger partial charge in [0.05, 0.1) is 4.47 Å². The Balaban J connectivity index is 2.31. The molecule has 2 rings (SSSR count). The van der Waals surface area contributed by atoms with E-state index in [4.69, 9.17) is 11.6 Å². The molecule has 0 amide bonds. The molecular weight excluding hydrogens is 430 g/mol. The van der Waals surface area contributed by atoms with E-state index in [1.54, 1.807) is 24.4 Å². The first-order chi connectivity index (χ1) is 8.56. The van der Waals surface area contributed by atoms with Gasteiger partial charge in [-0.3, -0.25) is 0 Å². The van der Waals surface area contributed by atoms with Crippen LogP contribution in [0.4, 0.5) is 5.82 Å². The molecule has 2 aromatic rings. The molecule has 3 nitrogen and oxygen atoms in total. The number of aliphatic imine (C=N–C) groups is 1. The summed E-state index contributed by atoms with van der Waals surface area (Å²) in [5.74, 6) is 0.680. The zero-order valence-electron chi connectivity index (χ0n) is 8.94. The molecule has 0 unspecified atom stereocenters. The normalized spacial score (nSPS) is 11.1. The van der Waals surface area contributed by atoms with Gasteiger partial charge in [0.1, 0.15) is 5.75 Å². The minimum atomic E-state index is 0.105. The second-order valence-electron chi connectivity index (χ2n) is 3.42. The first kappa shape index (κ1) is 13.8. The van der Waals surface area contributed by atoms with Crippen LogP contribution < -0.4 is 0 Å². The quantitative estimate of drug-likeness (QED) is 0.553. The van der Waals surface area contributed by atoms with Crippen molar-refractivity contribution in [2.24, 2.45) is 4.99 Å². The molecule has 0 saturated heterocycles. The highest BCUT2D eigenvalue weighted by molar-refractivity contribution is 14.1. The van der Waals surface area contributed by atoms with Crippen molar-refractivity contribution in [2.45, 2.75) is 0 Å². The van der Waals surface area contributed by atoms with Crippen molar-refractivity contribution >= 4 is 62.2 Å². The number of phenols is 1. The highest BCUT2D eigenvalue weighted by Gasteiger charge is 2.05. The minimum Gasteiger partial charge on any atom is -0.506 e. The molecule has 0 fully saturated rings. The molecule has 0 saturated carbocycles. The zero-order chi connectivity index (χ0) is 13.1. The van der Waals surface area contributed by atoms with Crippen LogP contribution in [0.15, 0.2) is 39.9 Å². The van der Waals surface area contributed by atoms with Crippen molar-refractivity contribution in [3.8, 4) is 5.75 Å². The Morgan fingerprint density at radius 1 is 1.39 bits per heavy atom. The molecule has 1 aromatic carbocycles. The second kappa shape index (κ2) is 5.99. The van der Waals surface area contributed by atoms with Crippen LogP contribution in [0.1, 0.15) is 5.56 Å². The van der Waals surface area contributed by atoms with Crippen molar-refractivity contribution in [3.63, 3.8) is 0 Å². The molecule has 6 heteroatoms. The zero-order valence-corrected chi connectivity index (χ0v) is 13.4. The van der Waals surface area contributed by atoms with Crippen LogP contribution in [0.2, 0.25) is 5.02 Å². The highest BCUT2D eigenvalue weighted by atomic mass is 127. The molecule has 0 aliphatic rings. The molecule has 0 spiro atoms. The number of hydrogen-bond acceptors (Lipinski definition) is 3. The van der Waals surface area contributed by atoms with Crippen molar-refractivity contribution in [1.29, 1.82) is 0 Å². The molecule has 92 valence electrons. The summed E-state index contributed by atoms with van der Waals surface area (Å²) in [5.41, 5.74) is 0.537. The molecule has 0 radical (unpaired) electrons. The lowest BCUT2D eigenvalue weighted by atomic mass is 10.2. The lowest BCUT2D eigenvalue weighted by Crippen LogP contribution is -1.85. The van der Waals surface area contributed by atoms with Crippen LogP contribution in [0.3, 0.4) is 0 Å². The van der Waals surface area contributed by atoms with Crippen LogP contribution in [0.25, 0.3) is 0 Å². The predicted molar refractivity (Wildman–Crippen MR) is 85.0 cm³/mol. The van der Waals surface area contributed by atoms with Crippen molar-refractivity contribution in [3.05, 3.63) is 49.1 Å². The molecule has 1 aromatic heterocycles. The number of phenolic OH excluding ortho intramolecular Hbond substituents is 1. The Morgan fingerprint density at radius 2 is 2.17 bits per heavy atom. The number of nitrogens with zero attached hydrogens (tertiary/aromatic N) is 2. The van der Waals surface area contributed by atoms with E-state index in [2.05, 4.69) is 48.5 Å². The minimum absolute atomic E-state index is 0.105. The maximum atomic E-state index is 9.83. The average molecular weight is 437 g/mol. The van der Waals surface area contributed by atoms with Crippen LogP contribution in [0.5, 0.6) is 5.75 Å². The Bertz CT molecular complexity index is 602. The number of hydrogen-bond donors (Lipinski definition) is 1. The van der Waals surface area contributed by atoms with E-state index in [1.807, 2.05) is 6.07 Å². The van der Waals surface area contributed by atoms with Gasteiger partial charge >= 0.3 is 0 Å². The van der Waals surface area contributed by atoms with Gasteiger partial charge in [0.15, 0.2) is 5.82 Å². The largest absolute Gasteiger partial charge is 0.506 e. The third-order valence-corrected chi connectivity index (χ3v) is 3.57. The van der Waals surface area contributed by atoms with Gasteiger partial charge in [-0.05, 0) is 62.8 Å². The first-order valence-corrected chi connectivity index (χ1v) is 7.15. The Kier molecular flexibility index (Phi) is 4.58. The number of benzene rings is 1. The van der Waals surface area contributed by atoms with Gasteiger partial charge < -0.3 is 5.11 Å². The lowest BCUT2D eigenvalue weighted by Gasteiger charge is -2.02. The molecule has 0 atom stereocenters. The number of pyridine rings is 1. The van der Waals surface area contributed by atoms with Crippen LogP contribution in [0, 0.1) is 3.57 Å². The smallest absolute Gasteiger partial charge is 0.151 e. The number of halogens is 3. The van der Waals surface area contributed by atoms with Crippen LogP contribution in [-0.4, -0.2) is 16.3 Å². The van der Waals surface area contributed by atoms with Crippen molar-refractivity contribution in [2.75, 3.05) is 0 Å². The fourth-order valence-corrected chi connectivity index (χ4v) is 2.42. The maximum absolute atomic E-state index is 9.83. The van der Waals surface area contributed by atoms with E-state index in [-0.39, 0.29) is 5.75 Å². The summed E-state index contributed by atoms with van der Waals surface area (Å²) in [6, 6.07) is 6.97. The summed E-state index contributed by atoms with van der Waals surface area (Å²) >= 11 is 11.3. The van der Waals surface area contributed by atoms with E-state index in [1.165, 1.54) is 6.21 Å². The fraction of sp³-hybridized carbons (Fsp3) is 0. The van der Waals surface area contributed by atoms with E-state index < -0.39 is 0 Å². The van der Waals surface area contributed by atoms with Crippen molar-refractivity contribution in [1.82, 2.24) is 4.98 Å². The highest BCUT2D eigenvalue weighted by Crippen LogP contribution is 2.30. The SMILES string of the molecule is Oc1c(Br)cc(Cl)cc1C=Nc1ccc(I)cn1. The molecule has 0 bridgehead atoms. The van der Waals surface area contributed by atoms with Gasteiger partial charge in [-0.2, -0.15) is 0 Å². The van der Waals surface area contributed by atoms with E-state index in [9.17, 15) is 5.11 Å². The van der Waals surface area contributed by atoms with Crippen LogP contribution >= 0.6 is 50.1 Å². The maximum Gasteiger partial charge on any atom is 0.151 e. The third kappa shape index (κ3) is 3.43. The Labute approximate surface area is 131 Å². The lowest BCUT2D eigenvalue weighted by molar-refractivity contribution is 0.471. The average Bonchev–Trinajstić information content (AvgIpc) is 2.34. The summed E-state index contributed by atoms with van der Waals surface area (Å²) in [6.07, 6.45) is 3.25. The third-order valence-electron chi connectivity index (χ3n) is 2.11. The van der Waals surface area contributed by atoms with Gasteiger partial charge in [0.2, 0.25) is 0 Å². The standard InChI is InChI=1S/C12H7BrClIN2O/c13-10-4-8(14)3-7(12(10)18)5-16-11-2-1-9(15)6-17-11/h1-6,18H. The summed E-state index contributed by atoms with van der Waals surface area (Å²) in [5, 5.41) is 10.4. The summed E-state index contributed by atoms with van der Waals surface area (Å²) in [6.45, 7) is 0. The second-order valence-corrected chi connectivity index (χ2v) is 5.95. The molecule has 1 heterocycles. The number of aromatic nitrogens is 1. The topological polar surface area (TPSA) is 45.5 Å². The van der Waals surface area contributed by atoms with E-state index >= 15 is 0 Å². The van der Waals surface area contributed by atoms with Gasteiger partial charge in [0.25, 0.3) is 0 Å². The van der Waals surface area contributed by atoms with E-state index in [0.29, 0.717) is 20.9 Å². The van der Waals surface area contributed by atoms with Crippen molar-refractivity contribution < 1.29 is 5.11 Å². The summed E-state index contributed by atoms with van der Waals surface area (Å²) in [4.78, 5) is 8.32. The molecule has 0 aliphatic heterocycles.